The molecule has 0 radical (unpaired) electrons. The second-order valence-corrected chi connectivity index (χ2v) is 5.81. The van der Waals surface area contributed by atoms with Crippen LogP contribution in [0, 0.1) is 6.92 Å². The number of amides is 1. The van der Waals surface area contributed by atoms with E-state index in [1.807, 2.05) is 19.1 Å². The van der Waals surface area contributed by atoms with Crippen LogP contribution in [0.1, 0.15) is 33.2 Å². The fourth-order valence-corrected chi connectivity index (χ4v) is 2.59. The Kier molecular flexibility index (Phi) is 4.10. The van der Waals surface area contributed by atoms with Gasteiger partial charge in [0.1, 0.15) is 11.3 Å². The van der Waals surface area contributed by atoms with Crippen LogP contribution in [0.3, 0.4) is 0 Å². The number of fused-ring (bicyclic) bond motifs is 1. The van der Waals surface area contributed by atoms with Crippen LogP contribution in [-0.2, 0) is 0 Å². The molecule has 25 heavy (non-hydrogen) atoms. The number of ketones is 1. The van der Waals surface area contributed by atoms with E-state index in [-0.39, 0.29) is 16.9 Å². The van der Waals surface area contributed by atoms with Gasteiger partial charge in [-0.3, -0.25) is 14.4 Å². The predicted octanol–water partition coefficient (Wildman–Crippen LogP) is 3.00. The maximum Gasteiger partial charge on any atom is 0.263 e. The molecule has 0 aliphatic carbocycles. The van der Waals surface area contributed by atoms with Gasteiger partial charge < -0.3 is 15.4 Å². The Morgan fingerprint density at radius 1 is 1.08 bits per heavy atom. The molecule has 3 N–H and O–H groups in total. The molecule has 1 amide bonds. The predicted molar refractivity (Wildman–Crippen MR) is 95.4 cm³/mol. The van der Waals surface area contributed by atoms with Crippen molar-refractivity contribution in [1.82, 2.24) is 4.98 Å². The standard InChI is InChI=1S/C19H16N2O4/c1-10-3-5-12(6-4-10)18(24)20-13-7-8-15-14(9-13)17(23)16(11(2)22)19(25)21-15/h3-9H,1-2H3,(H,20,24)(H2,21,23,25). The van der Waals surface area contributed by atoms with E-state index in [1.165, 1.54) is 13.0 Å². The molecule has 0 unspecified atom stereocenters. The Balaban J connectivity index is 2.00. The number of aromatic nitrogens is 1. The summed E-state index contributed by atoms with van der Waals surface area (Å²) in [6.07, 6.45) is 0. The van der Waals surface area contributed by atoms with Crippen molar-refractivity contribution < 1.29 is 14.7 Å². The van der Waals surface area contributed by atoms with Gasteiger partial charge in [-0.05, 0) is 44.2 Å². The van der Waals surface area contributed by atoms with Gasteiger partial charge in [-0.1, -0.05) is 17.7 Å². The van der Waals surface area contributed by atoms with Gasteiger partial charge in [0.15, 0.2) is 5.78 Å². The molecule has 0 fully saturated rings. The third kappa shape index (κ3) is 3.14. The maximum absolute atomic E-state index is 12.3. The summed E-state index contributed by atoms with van der Waals surface area (Å²) < 4.78 is 0. The summed E-state index contributed by atoms with van der Waals surface area (Å²) in [6, 6.07) is 11.8. The zero-order valence-corrected chi connectivity index (χ0v) is 13.7. The highest BCUT2D eigenvalue weighted by Gasteiger charge is 2.16. The number of carbonyl (C=O) groups excluding carboxylic acids is 2. The van der Waals surface area contributed by atoms with Gasteiger partial charge >= 0.3 is 0 Å². The lowest BCUT2D eigenvalue weighted by Crippen LogP contribution is -2.16. The lowest BCUT2D eigenvalue weighted by molar-refractivity contribution is 0.100. The van der Waals surface area contributed by atoms with E-state index < -0.39 is 17.1 Å². The molecule has 0 spiro atoms. The SMILES string of the molecule is CC(=O)c1c(O)c2cc(NC(=O)c3ccc(C)cc3)ccc2[nH]c1=O. The summed E-state index contributed by atoms with van der Waals surface area (Å²) in [7, 11) is 0. The molecule has 0 bridgehead atoms. The smallest absolute Gasteiger partial charge is 0.263 e. The number of pyridine rings is 1. The van der Waals surface area contributed by atoms with Crippen LogP contribution in [0.4, 0.5) is 5.69 Å². The summed E-state index contributed by atoms with van der Waals surface area (Å²) in [5, 5.41) is 13.3. The maximum atomic E-state index is 12.3. The average molecular weight is 336 g/mol. The lowest BCUT2D eigenvalue weighted by atomic mass is 10.1. The minimum atomic E-state index is -0.644. The van der Waals surface area contributed by atoms with E-state index in [0.717, 1.165) is 5.56 Å². The number of hydrogen-bond donors (Lipinski definition) is 3. The number of aryl methyl sites for hydroxylation is 1. The third-order valence-electron chi connectivity index (χ3n) is 3.91. The van der Waals surface area contributed by atoms with Crippen molar-refractivity contribution in [3.8, 4) is 5.75 Å². The highest BCUT2D eigenvalue weighted by atomic mass is 16.3. The summed E-state index contributed by atoms with van der Waals surface area (Å²) in [4.78, 5) is 38.3. The molecule has 0 saturated heterocycles. The minimum Gasteiger partial charge on any atom is -0.506 e. The largest absolute Gasteiger partial charge is 0.506 e. The number of carbonyl (C=O) groups is 2. The Hall–Kier alpha value is -3.41. The molecule has 1 aromatic heterocycles. The summed E-state index contributed by atoms with van der Waals surface area (Å²) in [5.41, 5.74) is 1.42. The molecule has 6 nitrogen and oxygen atoms in total. The molecule has 6 heteroatoms. The highest BCUT2D eigenvalue weighted by Crippen LogP contribution is 2.28. The molecule has 0 aliphatic rings. The van der Waals surface area contributed by atoms with Gasteiger partial charge in [0, 0.05) is 16.6 Å². The van der Waals surface area contributed by atoms with Crippen LogP contribution in [0.5, 0.6) is 5.75 Å². The monoisotopic (exact) mass is 336 g/mol. The Labute approximate surface area is 143 Å². The number of aromatic amines is 1. The molecule has 3 rings (SSSR count). The first-order valence-electron chi connectivity index (χ1n) is 7.65. The van der Waals surface area contributed by atoms with Crippen molar-refractivity contribution in [3.63, 3.8) is 0 Å². The number of Topliss-reactive ketones (excluding diaryl/α,β-unsaturated/α-hetero) is 1. The van der Waals surface area contributed by atoms with Crippen molar-refractivity contribution in [2.75, 3.05) is 5.32 Å². The Bertz CT molecular complexity index is 1050. The van der Waals surface area contributed by atoms with Crippen LogP contribution >= 0.6 is 0 Å². The van der Waals surface area contributed by atoms with Gasteiger partial charge in [0.25, 0.3) is 11.5 Å². The molecule has 126 valence electrons. The number of hydrogen-bond acceptors (Lipinski definition) is 4. The number of aromatic hydroxyl groups is 1. The topological polar surface area (TPSA) is 99.3 Å². The van der Waals surface area contributed by atoms with E-state index in [2.05, 4.69) is 10.3 Å². The van der Waals surface area contributed by atoms with E-state index in [0.29, 0.717) is 16.8 Å². The highest BCUT2D eigenvalue weighted by molar-refractivity contribution is 6.06. The molecule has 0 atom stereocenters. The van der Waals surface area contributed by atoms with Crippen molar-refractivity contribution in [2.24, 2.45) is 0 Å². The zero-order chi connectivity index (χ0) is 18.1. The van der Waals surface area contributed by atoms with Gasteiger partial charge in [-0.15, -0.1) is 0 Å². The van der Waals surface area contributed by atoms with Crippen LogP contribution < -0.4 is 10.9 Å². The Morgan fingerprint density at radius 2 is 1.76 bits per heavy atom. The quantitative estimate of drug-likeness (QED) is 0.640. The first kappa shape index (κ1) is 16.4. The van der Waals surface area contributed by atoms with E-state index in [9.17, 15) is 19.5 Å². The second kappa shape index (κ2) is 6.24. The van der Waals surface area contributed by atoms with E-state index in [1.54, 1.807) is 24.3 Å². The van der Waals surface area contributed by atoms with E-state index >= 15 is 0 Å². The number of rotatable bonds is 3. The van der Waals surface area contributed by atoms with Gasteiger partial charge in [-0.2, -0.15) is 0 Å². The number of anilines is 1. The van der Waals surface area contributed by atoms with Crippen LogP contribution in [0.15, 0.2) is 47.3 Å². The molecule has 3 aromatic rings. The second-order valence-electron chi connectivity index (χ2n) is 5.81. The molecule has 0 aliphatic heterocycles. The van der Waals surface area contributed by atoms with Gasteiger partial charge in [-0.25, -0.2) is 0 Å². The van der Waals surface area contributed by atoms with Crippen molar-refractivity contribution >= 4 is 28.3 Å². The molecule has 2 aromatic carbocycles. The summed E-state index contributed by atoms with van der Waals surface area (Å²) in [5.74, 6) is -1.22. The number of H-pyrrole nitrogens is 1. The van der Waals surface area contributed by atoms with Crippen molar-refractivity contribution in [2.45, 2.75) is 13.8 Å². The molecule has 1 heterocycles. The summed E-state index contributed by atoms with van der Waals surface area (Å²) in [6.45, 7) is 3.14. The van der Waals surface area contributed by atoms with Crippen molar-refractivity contribution in [3.05, 3.63) is 69.5 Å². The van der Waals surface area contributed by atoms with Crippen LogP contribution in [0.2, 0.25) is 0 Å². The lowest BCUT2D eigenvalue weighted by Gasteiger charge is -2.09. The first-order chi connectivity index (χ1) is 11.9. The fraction of sp³-hybridized carbons (Fsp3) is 0.105. The summed E-state index contributed by atoms with van der Waals surface area (Å²) >= 11 is 0. The third-order valence-corrected chi connectivity index (χ3v) is 3.91. The van der Waals surface area contributed by atoms with E-state index in [4.69, 9.17) is 0 Å². The van der Waals surface area contributed by atoms with Crippen molar-refractivity contribution in [1.29, 1.82) is 0 Å². The molecular formula is C19H16N2O4. The molecular weight excluding hydrogens is 320 g/mol. The van der Waals surface area contributed by atoms with Crippen LogP contribution in [-0.4, -0.2) is 21.8 Å². The van der Waals surface area contributed by atoms with Gasteiger partial charge in [0.05, 0.1) is 5.52 Å². The molecule has 0 saturated carbocycles. The minimum absolute atomic E-state index is 0.284. The normalized spacial score (nSPS) is 10.6. The number of benzene rings is 2. The first-order valence-corrected chi connectivity index (χ1v) is 7.65. The van der Waals surface area contributed by atoms with Crippen LogP contribution in [0.25, 0.3) is 10.9 Å². The Morgan fingerprint density at radius 3 is 2.40 bits per heavy atom. The van der Waals surface area contributed by atoms with Gasteiger partial charge in [0.2, 0.25) is 0 Å². The average Bonchev–Trinajstić information content (AvgIpc) is 2.55. The number of nitrogens with one attached hydrogen (secondary N) is 2. The fourth-order valence-electron chi connectivity index (χ4n) is 2.59. The zero-order valence-electron chi connectivity index (χ0n) is 13.7.